The van der Waals surface area contributed by atoms with Crippen LogP contribution in [0.5, 0.6) is 0 Å². The first-order chi connectivity index (χ1) is 6.83. The lowest BCUT2D eigenvalue weighted by Crippen LogP contribution is -1.92. The standard InChI is InChI=1S/C9H10N2OS2/c10-8-6(13-4-3-12)1-2-7-9(8)11-5-14-7/h1-2,5,12H,3-4,10H2. The smallest absolute Gasteiger partial charge is 0.105 e. The third-order valence-electron chi connectivity index (χ3n) is 1.85. The van der Waals surface area contributed by atoms with Crippen molar-refractivity contribution in [2.75, 3.05) is 18.1 Å². The minimum atomic E-state index is 0.166. The average Bonchev–Trinajstić information content (AvgIpc) is 2.66. The van der Waals surface area contributed by atoms with Gasteiger partial charge in [0.2, 0.25) is 0 Å². The Morgan fingerprint density at radius 1 is 1.50 bits per heavy atom. The monoisotopic (exact) mass is 226 g/mol. The molecule has 1 aromatic carbocycles. The molecule has 3 nitrogen and oxygen atoms in total. The largest absolute Gasteiger partial charge is 0.396 e. The molecule has 0 aliphatic heterocycles. The molecule has 0 radical (unpaired) electrons. The molecular weight excluding hydrogens is 216 g/mol. The normalized spacial score (nSPS) is 10.9. The van der Waals surface area contributed by atoms with Crippen molar-refractivity contribution < 1.29 is 5.11 Å². The van der Waals surface area contributed by atoms with Gasteiger partial charge in [-0.3, -0.25) is 0 Å². The minimum absolute atomic E-state index is 0.166. The fourth-order valence-electron chi connectivity index (χ4n) is 1.22. The zero-order valence-corrected chi connectivity index (χ0v) is 9.07. The van der Waals surface area contributed by atoms with Gasteiger partial charge in [-0.15, -0.1) is 23.1 Å². The van der Waals surface area contributed by atoms with E-state index < -0.39 is 0 Å². The quantitative estimate of drug-likeness (QED) is 0.620. The molecule has 3 N–H and O–H groups in total. The van der Waals surface area contributed by atoms with E-state index in [1.54, 1.807) is 28.6 Å². The van der Waals surface area contributed by atoms with Crippen LogP contribution in [0.1, 0.15) is 0 Å². The van der Waals surface area contributed by atoms with Crippen molar-refractivity contribution in [1.82, 2.24) is 4.98 Å². The summed E-state index contributed by atoms with van der Waals surface area (Å²) in [6.45, 7) is 0.166. The maximum atomic E-state index is 8.72. The van der Waals surface area contributed by atoms with Crippen LogP contribution in [0.3, 0.4) is 0 Å². The molecule has 0 aliphatic carbocycles. The summed E-state index contributed by atoms with van der Waals surface area (Å²) in [4.78, 5) is 5.20. The fraction of sp³-hybridized carbons (Fsp3) is 0.222. The van der Waals surface area contributed by atoms with Crippen LogP contribution in [-0.2, 0) is 0 Å². The second kappa shape index (κ2) is 4.16. The van der Waals surface area contributed by atoms with Crippen molar-refractivity contribution in [3.05, 3.63) is 17.6 Å². The Bertz CT molecular complexity index is 441. The number of nitrogen functional groups attached to an aromatic ring is 1. The first-order valence-corrected chi connectivity index (χ1v) is 6.05. The van der Waals surface area contributed by atoms with E-state index >= 15 is 0 Å². The van der Waals surface area contributed by atoms with Gasteiger partial charge in [-0.1, -0.05) is 0 Å². The molecule has 0 amide bonds. The number of nitrogens with two attached hydrogens (primary N) is 1. The molecule has 0 saturated heterocycles. The predicted molar refractivity (Wildman–Crippen MR) is 61.8 cm³/mol. The SMILES string of the molecule is Nc1c(SCCO)ccc2scnc12. The maximum Gasteiger partial charge on any atom is 0.105 e. The number of hydrogen-bond donors (Lipinski definition) is 2. The Labute approximate surface area is 90.0 Å². The molecule has 5 heteroatoms. The van der Waals surface area contributed by atoms with Crippen LogP contribution in [0.2, 0.25) is 0 Å². The molecule has 2 aromatic rings. The lowest BCUT2D eigenvalue weighted by molar-refractivity contribution is 0.322. The molecule has 0 aliphatic rings. The van der Waals surface area contributed by atoms with Gasteiger partial charge in [0.05, 0.1) is 22.5 Å². The van der Waals surface area contributed by atoms with Crippen LogP contribution in [0, 0.1) is 0 Å². The Hall–Kier alpha value is -0.780. The van der Waals surface area contributed by atoms with E-state index in [1.807, 2.05) is 12.1 Å². The highest BCUT2D eigenvalue weighted by Crippen LogP contribution is 2.32. The number of thioether (sulfide) groups is 1. The third-order valence-corrected chi connectivity index (χ3v) is 3.70. The number of fused-ring (bicyclic) bond motifs is 1. The number of aliphatic hydroxyl groups is 1. The summed E-state index contributed by atoms with van der Waals surface area (Å²) in [5, 5.41) is 8.72. The first kappa shape index (κ1) is 9.76. The molecule has 2 rings (SSSR count). The molecule has 0 bridgehead atoms. The molecule has 1 aromatic heterocycles. The average molecular weight is 226 g/mol. The topological polar surface area (TPSA) is 59.1 Å². The van der Waals surface area contributed by atoms with E-state index in [0.717, 1.165) is 20.8 Å². The van der Waals surface area contributed by atoms with Crippen molar-refractivity contribution in [3.8, 4) is 0 Å². The predicted octanol–water partition coefficient (Wildman–Crippen LogP) is 1.96. The highest BCUT2D eigenvalue weighted by molar-refractivity contribution is 7.99. The minimum Gasteiger partial charge on any atom is -0.396 e. The van der Waals surface area contributed by atoms with Gasteiger partial charge in [-0.2, -0.15) is 0 Å². The van der Waals surface area contributed by atoms with Crippen molar-refractivity contribution in [3.63, 3.8) is 0 Å². The lowest BCUT2D eigenvalue weighted by atomic mass is 10.3. The number of anilines is 1. The van der Waals surface area contributed by atoms with E-state index in [0.29, 0.717) is 5.75 Å². The van der Waals surface area contributed by atoms with Gasteiger partial charge in [-0.05, 0) is 12.1 Å². The summed E-state index contributed by atoms with van der Waals surface area (Å²) >= 11 is 3.14. The summed E-state index contributed by atoms with van der Waals surface area (Å²) < 4.78 is 1.11. The first-order valence-electron chi connectivity index (χ1n) is 4.18. The van der Waals surface area contributed by atoms with Crippen molar-refractivity contribution in [2.24, 2.45) is 0 Å². The van der Waals surface area contributed by atoms with Crippen molar-refractivity contribution in [2.45, 2.75) is 4.90 Å². The molecule has 0 fully saturated rings. The van der Waals surface area contributed by atoms with E-state index in [9.17, 15) is 0 Å². The highest BCUT2D eigenvalue weighted by atomic mass is 32.2. The Morgan fingerprint density at radius 3 is 3.14 bits per heavy atom. The molecule has 0 saturated carbocycles. The molecule has 74 valence electrons. The highest BCUT2D eigenvalue weighted by Gasteiger charge is 2.06. The number of benzene rings is 1. The zero-order chi connectivity index (χ0) is 9.97. The van der Waals surface area contributed by atoms with Crippen LogP contribution in [0.15, 0.2) is 22.5 Å². The van der Waals surface area contributed by atoms with Crippen LogP contribution in [0.4, 0.5) is 5.69 Å². The molecular formula is C9H10N2OS2. The zero-order valence-electron chi connectivity index (χ0n) is 7.43. The third kappa shape index (κ3) is 1.70. The molecule has 0 spiro atoms. The Kier molecular flexibility index (Phi) is 2.90. The summed E-state index contributed by atoms with van der Waals surface area (Å²) in [5.74, 6) is 0.667. The van der Waals surface area contributed by atoms with Gasteiger partial charge < -0.3 is 10.8 Å². The fourth-order valence-corrected chi connectivity index (χ4v) is 2.64. The summed E-state index contributed by atoms with van der Waals surface area (Å²) in [7, 11) is 0. The lowest BCUT2D eigenvalue weighted by Gasteiger charge is -2.03. The summed E-state index contributed by atoms with van der Waals surface area (Å²) in [5.41, 5.74) is 9.34. The van der Waals surface area contributed by atoms with Crippen LogP contribution >= 0.6 is 23.1 Å². The second-order valence-corrected chi connectivity index (χ2v) is 4.77. The van der Waals surface area contributed by atoms with Gasteiger partial charge in [0, 0.05) is 10.6 Å². The van der Waals surface area contributed by atoms with Gasteiger partial charge >= 0.3 is 0 Å². The summed E-state index contributed by atoms with van der Waals surface area (Å²) in [6, 6.07) is 4.00. The van der Waals surface area contributed by atoms with Gasteiger partial charge in [0.1, 0.15) is 5.52 Å². The second-order valence-electron chi connectivity index (χ2n) is 2.75. The van der Waals surface area contributed by atoms with Crippen LogP contribution in [-0.4, -0.2) is 22.5 Å². The van der Waals surface area contributed by atoms with E-state index in [-0.39, 0.29) is 6.61 Å². The number of thiazole rings is 1. The van der Waals surface area contributed by atoms with Gasteiger partial charge in [0.25, 0.3) is 0 Å². The number of rotatable bonds is 3. The maximum absolute atomic E-state index is 8.72. The summed E-state index contributed by atoms with van der Waals surface area (Å²) in [6.07, 6.45) is 0. The molecule has 1 heterocycles. The van der Waals surface area contributed by atoms with Crippen molar-refractivity contribution >= 4 is 39.0 Å². The van der Waals surface area contributed by atoms with Gasteiger partial charge in [0.15, 0.2) is 0 Å². The van der Waals surface area contributed by atoms with E-state index in [2.05, 4.69) is 4.98 Å². The number of aromatic nitrogens is 1. The Morgan fingerprint density at radius 2 is 2.36 bits per heavy atom. The molecule has 0 atom stereocenters. The molecule has 0 unspecified atom stereocenters. The van der Waals surface area contributed by atoms with E-state index in [1.165, 1.54) is 0 Å². The number of aliphatic hydroxyl groups excluding tert-OH is 1. The van der Waals surface area contributed by atoms with Crippen LogP contribution < -0.4 is 5.73 Å². The van der Waals surface area contributed by atoms with Crippen LogP contribution in [0.25, 0.3) is 10.2 Å². The number of nitrogens with zero attached hydrogens (tertiary/aromatic N) is 1. The Balaban J connectivity index is 2.40. The van der Waals surface area contributed by atoms with Gasteiger partial charge in [-0.25, -0.2) is 4.98 Å². The van der Waals surface area contributed by atoms with Crippen molar-refractivity contribution in [1.29, 1.82) is 0 Å². The van der Waals surface area contributed by atoms with E-state index in [4.69, 9.17) is 10.8 Å². The molecule has 14 heavy (non-hydrogen) atoms. The number of hydrogen-bond acceptors (Lipinski definition) is 5.